The first-order valence-corrected chi connectivity index (χ1v) is 11.7. The van der Waals surface area contributed by atoms with Crippen molar-refractivity contribution in [3.63, 3.8) is 0 Å². The Morgan fingerprint density at radius 1 is 1.17 bits per heavy atom. The van der Waals surface area contributed by atoms with Crippen molar-refractivity contribution in [2.24, 2.45) is 10.8 Å². The van der Waals surface area contributed by atoms with Gasteiger partial charge in [0, 0.05) is 50.3 Å². The molecule has 0 unspecified atom stereocenters. The molecule has 0 atom stereocenters. The first kappa shape index (κ1) is 25.1. The highest BCUT2D eigenvalue weighted by Crippen LogP contribution is 2.26. The Hall–Kier alpha value is -4.02. The Balaban J connectivity index is 1.40. The van der Waals surface area contributed by atoms with Gasteiger partial charge in [-0.1, -0.05) is 6.58 Å². The van der Waals surface area contributed by atoms with E-state index in [9.17, 15) is 9.50 Å². The number of aliphatic hydroxyl groups is 1. The molecule has 2 heterocycles. The van der Waals surface area contributed by atoms with Gasteiger partial charge >= 0.3 is 0 Å². The van der Waals surface area contributed by atoms with Gasteiger partial charge in [-0.15, -0.1) is 0 Å². The Labute approximate surface area is 210 Å². The fourth-order valence-corrected chi connectivity index (χ4v) is 3.81. The van der Waals surface area contributed by atoms with Crippen molar-refractivity contribution in [1.29, 1.82) is 0 Å². The molecule has 188 valence electrons. The number of benzene rings is 2. The van der Waals surface area contributed by atoms with Gasteiger partial charge in [-0.3, -0.25) is 5.01 Å². The van der Waals surface area contributed by atoms with E-state index in [0.717, 1.165) is 30.2 Å². The zero-order valence-electron chi connectivity index (χ0n) is 20.5. The minimum atomic E-state index is -0.326. The molecule has 1 fully saturated rings. The topological polar surface area (TPSA) is 106 Å². The second kappa shape index (κ2) is 11.1. The number of rotatable bonds is 8. The predicted octanol–water partition coefficient (Wildman–Crippen LogP) is 3.73. The van der Waals surface area contributed by atoms with Crippen LogP contribution in [0.2, 0.25) is 0 Å². The third-order valence-corrected chi connectivity index (χ3v) is 5.93. The molecule has 4 rings (SSSR count). The Morgan fingerprint density at radius 2 is 1.89 bits per heavy atom. The molecule has 0 radical (unpaired) electrons. The van der Waals surface area contributed by atoms with Crippen LogP contribution in [0.4, 0.5) is 27.4 Å². The lowest BCUT2D eigenvalue weighted by Crippen LogP contribution is -2.35. The number of halogens is 1. The normalized spacial score (nSPS) is 14.2. The van der Waals surface area contributed by atoms with Crippen LogP contribution in [-0.4, -0.2) is 59.6 Å². The van der Waals surface area contributed by atoms with Gasteiger partial charge in [0.15, 0.2) is 0 Å². The Bertz CT molecular complexity index is 1220. The van der Waals surface area contributed by atoms with Crippen molar-refractivity contribution in [1.82, 2.24) is 14.9 Å². The van der Waals surface area contributed by atoms with E-state index >= 15 is 0 Å². The molecule has 0 saturated carbocycles. The van der Waals surface area contributed by atoms with Crippen molar-refractivity contribution in [2.75, 3.05) is 42.4 Å². The summed E-state index contributed by atoms with van der Waals surface area (Å²) in [5.74, 6) is 6.81. The maximum absolute atomic E-state index is 14.1. The van der Waals surface area contributed by atoms with E-state index in [1.165, 1.54) is 23.5 Å². The molecule has 1 aromatic heterocycles. The molecule has 1 saturated heterocycles. The highest BCUT2D eigenvalue weighted by molar-refractivity contribution is 5.79. The number of nitrogens with zero attached hydrogens (tertiary/aromatic N) is 6. The zero-order chi connectivity index (χ0) is 25.7. The minimum absolute atomic E-state index is 0.249. The second-order valence-corrected chi connectivity index (χ2v) is 8.82. The maximum atomic E-state index is 14.1. The van der Waals surface area contributed by atoms with Gasteiger partial charge < -0.3 is 20.2 Å². The van der Waals surface area contributed by atoms with E-state index in [1.54, 1.807) is 12.3 Å². The average Bonchev–Trinajstić information content (AvgIpc) is 2.87. The van der Waals surface area contributed by atoms with Crippen molar-refractivity contribution in [3.8, 4) is 11.3 Å². The van der Waals surface area contributed by atoms with E-state index < -0.39 is 0 Å². The van der Waals surface area contributed by atoms with Gasteiger partial charge in [-0.05, 0) is 61.4 Å². The van der Waals surface area contributed by atoms with Crippen molar-refractivity contribution < 1.29 is 9.50 Å². The summed E-state index contributed by atoms with van der Waals surface area (Å²) in [6.45, 7) is 5.44. The maximum Gasteiger partial charge on any atom is 0.227 e. The Morgan fingerprint density at radius 3 is 2.58 bits per heavy atom. The lowest BCUT2D eigenvalue weighted by atomic mass is 10.1. The molecule has 10 heteroatoms. The molecular weight excluding hydrogens is 459 g/mol. The predicted molar refractivity (Wildman–Crippen MR) is 143 cm³/mol. The van der Waals surface area contributed by atoms with Crippen molar-refractivity contribution in [3.05, 3.63) is 72.9 Å². The zero-order valence-corrected chi connectivity index (χ0v) is 20.5. The number of aromatic nitrogens is 2. The smallest absolute Gasteiger partial charge is 0.227 e. The fraction of sp³-hybridized carbons (Fsp3) is 0.269. The third kappa shape index (κ3) is 6.35. The van der Waals surface area contributed by atoms with Gasteiger partial charge in [0.05, 0.1) is 17.5 Å². The fourth-order valence-electron chi connectivity index (χ4n) is 3.81. The van der Waals surface area contributed by atoms with Gasteiger partial charge in [0.25, 0.3) is 0 Å². The van der Waals surface area contributed by atoms with Crippen LogP contribution < -0.4 is 21.1 Å². The van der Waals surface area contributed by atoms with Crippen LogP contribution in [0.25, 0.3) is 11.3 Å². The van der Waals surface area contributed by atoms with E-state index in [0.29, 0.717) is 35.9 Å². The summed E-state index contributed by atoms with van der Waals surface area (Å²) in [7, 11) is 3.72. The molecule has 9 nitrogen and oxygen atoms in total. The highest BCUT2D eigenvalue weighted by atomic mass is 19.1. The Kier molecular flexibility index (Phi) is 7.77. The number of likely N-dealkylation sites (tertiary alicyclic amines) is 1. The summed E-state index contributed by atoms with van der Waals surface area (Å²) in [4.78, 5) is 17.1. The van der Waals surface area contributed by atoms with Gasteiger partial charge in [-0.2, -0.15) is 0 Å². The van der Waals surface area contributed by atoms with Gasteiger partial charge in [-0.25, -0.2) is 25.2 Å². The van der Waals surface area contributed by atoms with Gasteiger partial charge in [0.2, 0.25) is 5.95 Å². The number of aliphatic hydroxyl groups excluding tert-OH is 1. The van der Waals surface area contributed by atoms with Crippen LogP contribution in [0.5, 0.6) is 0 Å². The van der Waals surface area contributed by atoms with Crippen LogP contribution in [0.15, 0.2) is 72.1 Å². The molecule has 0 aliphatic carbocycles. The first-order valence-electron chi connectivity index (χ1n) is 11.7. The molecule has 1 aliphatic rings. The molecule has 4 N–H and O–H groups in total. The number of piperidine rings is 1. The average molecular weight is 491 g/mol. The number of aliphatic imine (C=N–C) groups is 1. The molecule has 1 aliphatic heterocycles. The van der Waals surface area contributed by atoms with Crippen LogP contribution in [-0.2, 0) is 0 Å². The van der Waals surface area contributed by atoms with E-state index in [1.807, 2.05) is 54.2 Å². The standard InChI is InChI=1S/C26H31FN8O/c1-18(34-12-9-24(36)10-13-34)30-17-35(28)22-6-4-21(5-7-22)31-26-29-11-8-25(32-26)19-14-20(27)16-23(15-19)33(2)3/h4-8,11,14-17,24,36H,1,9-10,12-13,28H2,2-3H3,(H,29,31,32). The lowest BCUT2D eigenvalue weighted by Gasteiger charge is -2.30. The number of hydrogen-bond donors (Lipinski definition) is 3. The van der Waals surface area contributed by atoms with Crippen LogP contribution in [0.1, 0.15) is 12.8 Å². The summed E-state index contributed by atoms with van der Waals surface area (Å²) in [6.07, 6.45) is 4.32. The van der Waals surface area contributed by atoms with Crippen LogP contribution in [0.3, 0.4) is 0 Å². The van der Waals surface area contributed by atoms with Gasteiger partial charge in [0.1, 0.15) is 18.0 Å². The monoisotopic (exact) mass is 490 g/mol. The number of anilines is 4. The number of nitrogens with one attached hydrogen (secondary N) is 1. The number of hydrogen-bond acceptors (Lipinski definition) is 8. The van der Waals surface area contributed by atoms with Crippen molar-refractivity contribution in [2.45, 2.75) is 18.9 Å². The molecule has 0 spiro atoms. The molecule has 0 bridgehead atoms. The third-order valence-electron chi connectivity index (χ3n) is 5.93. The van der Waals surface area contributed by atoms with Crippen LogP contribution in [0, 0.1) is 5.82 Å². The second-order valence-electron chi connectivity index (χ2n) is 8.82. The molecule has 2 aromatic carbocycles. The largest absolute Gasteiger partial charge is 0.393 e. The molecule has 3 aromatic rings. The first-order chi connectivity index (χ1) is 17.3. The SMILES string of the molecule is C=C(N=CN(N)c1ccc(Nc2nccc(-c3cc(F)cc(N(C)C)c3)n2)cc1)N1CCC(O)CC1. The van der Waals surface area contributed by atoms with Crippen LogP contribution >= 0.6 is 0 Å². The summed E-state index contributed by atoms with van der Waals surface area (Å²) in [6, 6.07) is 13.9. The molecule has 0 amide bonds. The summed E-state index contributed by atoms with van der Waals surface area (Å²) in [5, 5.41) is 14.2. The quantitative estimate of drug-likeness (QED) is 0.190. The van der Waals surface area contributed by atoms with Crippen molar-refractivity contribution >= 4 is 29.3 Å². The summed E-state index contributed by atoms with van der Waals surface area (Å²) < 4.78 is 14.1. The summed E-state index contributed by atoms with van der Waals surface area (Å²) >= 11 is 0. The summed E-state index contributed by atoms with van der Waals surface area (Å²) in [5.41, 5.74) is 3.53. The lowest BCUT2D eigenvalue weighted by molar-refractivity contribution is 0.0969. The van der Waals surface area contributed by atoms with E-state index in [2.05, 4.69) is 26.9 Å². The highest BCUT2D eigenvalue weighted by Gasteiger charge is 2.17. The van der Waals surface area contributed by atoms with E-state index in [4.69, 9.17) is 5.84 Å². The number of hydrazine groups is 1. The molecular formula is C26H31FN8O. The minimum Gasteiger partial charge on any atom is -0.393 e. The van der Waals surface area contributed by atoms with E-state index in [-0.39, 0.29) is 11.9 Å². The molecule has 36 heavy (non-hydrogen) atoms. The number of nitrogens with two attached hydrogens (primary N) is 1.